The van der Waals surface area contributed by atoms with E-state index in [4.69, 9.17) is 0 Å². The van der Waals surface area contributed by atoms with Crippen LogP contribution in [0.15, 0.2) is 42.9 Å². The van der Waals surface area contributed by atoms with Crippen LogP contribution in [0.4, 0.5) is 10.5 Å². The summed E-state index contributed by atoms with van der Waals surface area (Å²) in [5.74, 6) is 0.656. The zero-order valence-electron chi connectivity index (χ0n) is 10.5. The van der Waals surface area contributed by atoms with Gasteiger partial charge in [0, 0.05) is 24.3 Å². The van der Waals surface area contributed by atoms with E-state index in [-0.39, 0.29) is 6.03 Å². The average molecular weight is 268 g/mol. The van der Waals surface area contributed by atoms with Gasteiger partial charge in [-0.05, 0) is 24.3 Å². The summed E-state index contributed by atoms with van der Waals surface area (Å²) in [5, 5.41) is 5.41. The number of nitrogens with zero attached hydrogens (tertiary/aromatic N) is 3. The molecule has 0 aliphatic rings. The predicted molar refractivity (Wildman–Crippen MR) is 74.0 cm³/mol. The summed E-state index contributed by atoms with van der Waals surface area (Å²) in [6, 6.07) is 6.84. The molecule has 0 aliphatic heterocycles. The molecule has 100 valence electrons. The molecule has 3 rings (SSSR count). The van der Waals surface area contributed by atoms with Crippen molar-refractivity contribution in [1.29, 1.82) is 0 Å². The lowest BCUT2D eigenvalue weighted by atomic mass is 10.4. The van der Waals surface area contributed by atoms with E-state index in [0.29, 0.717) is 23.7 Å². The Morgan fingerprint density at radius 3 is 2.85 bits per heavy atom. The largest absolute Gasteiger partial charge is 0.339 e. The van der Waals surface area contributed by atoms with Crippen LogP contribution in [0.2, 0.25) is 0 Å². The number of aromatic amines is 1. The van der Waals surface area contributed by atoms with Gasteiger partial charge in [-0.15, -0.1) is 0 Å². The summed E-state index contributed by atoms with van der Waals surface area (Å²) in [6.45, 7) is 0.299. The Balaban J connectivity index is 1.60. The second kappa shape index (κ2) is 5.35. The van der Waals surface area contributed by atoms with Gasteiger partial charge in [0.2, 0.25) is 0 Å². The van der Waals surface area contributed by atoms with Crippen LogP contribution in [-0.4, -0.2) is 26.0 Å². The SMILES string of the molecule is O=C(NCc1nc2ncccc2[nH]1)Nc1ccncc1. The number of fused-ring (bicyclic) bond motifs is 1. The number of hydrogen-bond acceptors (Lipinski definition) is 4. The van der Waals surface area contributed by atoms with E-state index in [9.17, 15) is 4.79 Å². The summed E-state index contributed by atoms with van der Waals surface area (Å²) in [4.78, 5) is 27.1. The molecule has 0 aliphatic carbocycles. The third kappa shape index (κ3) is 2.72. The summed E-state index contributed by atoms with van der Waals surface area (Å²) >= 11 is 0. The van der Waals surface area contributed by atoms with E-state index in [1.54, 1.807) is 30.7 Å². The smallest absolute Gasteiger partial charge is 0.319 e. The lowest BCUT2D eigenvalue weighted by Crippen LogP contribution is -2.28. The van der Waals surface area contributed by atoms with Crippen molar-refractivity contribution in [3.05, 3.63) is 48.7 Å². The summed E-state index contributed by atoms with van der Waals surface area (Å²) in [5.41, 5.74) is 2.17. The fourth-order valence-corrected chi connectivity index (χ4v) is 1.75. The number of nitrogens with one attached hydrogen (secondary N) is 3. The summed E-state index contributed by atoms with van der Waals surface area (Å²) in [6.07, 6.45) is 4.90. The van der Waals surface area contributed by atoms with Gasteiger partial charge in [0.15, 0.2) is 5.65 Å². The number of H-pyrrole nitrogens is 1. The topological polar surface area (TPSA) is 95.6 Å². The maximum absolute atomic E-state index is 11.7. The lowest BCUT2D eigenvalue weighted by molar-refractivity contribution is 0.251. The van der Waals surface area contributed by atoms with Crippen LogP contribution in [-0.2, 0) is 6.54 Å². The van der Waals surface area contributed by atoms with Gasteiger partial charge in [-0.3, -0.25) is 4.98 Å². The molecule has 0 radical (unpaired) electrons. The molecule has 3 heterocycles. The second-order valence-electron chi connectivity index (χ2n) is 4.10. The van der Waals surface area contributed by atoms with Gasteiger partial charge < -0.3 is 15.6 Å². The standard InChI is InChI=1S/C13H12N6O/c20-13(17-9-3-6-14-7-4-9)16-8-11-18-10-2-1-5-15-12(10)19-11/h1-7H,8H2,(H,15,18,19)(H2,14,16,17,20). The van der Waals surface area contributed by atoms with Crippen LogP contribution in [0.1, 0.15) is 5.82 Å². The van der Waals surface area contributed by atoms with Crippen molar-refractivity contribution in [2.45, 2.75) is 6.54 Å². The van der Waals surface area contributed by atoms with Crippen molar-refractivity contribution < 1.29 is 4.79 Å². The fourth-order valence-electron chi connectivity index (χ4n) is 1.75. The highest BCUT2D eigenvalue weighted by molar-refractivity contribution is 5.89. The predicted octanol–water partition coefficient (Wildman–Crippen LogP) is 1.67. The monoisotopic (exact) mass is 268 g/mol. The van der Waals surface area contributed by atoms with Crippen LogP contribution < -0.4 is 10.6 Å². The van der Waals surface area contributed by atoms with Crippen LogP contribution in [0.3, 0.4) is 0 Å². The number of rotatable bonds is 3. The number of carbonyl (C=O) groups excluding carboxylic acids is 1. The first-order chi connectivity index (χ1) is 9.81. The second-order valence-corrected chi connectivity index (χ2v) is 4.10. The molecule has 0 saturated carbocycles. The Hall–Kier alpha value is -2.96. The minimum Gasteiger partial charge on any atom is -0.339 e. The van der Waals surface area contributed by atoms with Crippen molar-refractivity contribution in [2.75, 3.05) is 5.32 Å². The highest BCUT2D eigenvalue weighted by atomic mass is 16.2. The Kier molecular flexibility index (Phi) is 3.24. The number of anilines is 1. The van der Waals surface area contributed by atoms with Crippen molar-refractivity contribution in [3.8, 4) is 0 Å². The van der Waals surface area contributed by atoms with Gasteiger partial charge in [-0.2, -0.15) is 0 Å². The Morgan fingerprint density at radius 1 is 1.20 bits per heavy atom. The minimum absolute atomic E-state index is 0.299. The molecule has 2 amide bonds. The van der Waals surface area contributed by atoms with Crippen molar-refractivity contribution >= 4 is 22.9 Å². The number of urea groups is 1. The Bertz CT molecular complexity index is 691. The number of imidazole rings is 1. The van der Waals surface area contributed by atoms with Crippen molar-refractivity contribution in [1.82, 2.24) is 25.3 Å². The number of carbonyl (C=O) groups is 1. The molecule has 0 atom stereocenters. The Morgan fingerprint density at radius 2 is 2.05 bits per heavy atom. The molecule has 0 spiro atoms. The number of amides is 2. The molecule has 7 heteroatoms. The van der Waals surface area contributed by atoms with Gasteiger partial charge in [0.05, 0.1) is 12.1 Å². The Labute approximate surface area is 114 Å². The first kappa shape index (κ1) is 12.1. The average Bonchev–Trinajstić information content (AvgIpc) is 2.89. The van der Waals surface area contributed by atoms with Gasteiger partial charge >= 0.3 is 6.03 Å². The zero-order valence-corrected chi connectivity index (χ0v) is 10.5. The first-order valence-corrected chi connectivity index (χ1v) is 6.06. The van der Waals surface area contributed by atoms with Gasteiger partial charge in [0.1, 0.15) is 5.82 Å². The van der Waals surface area contributed by atoms with Gasteiger partial charge in [-0.1, -0.05) is 0 Å². The molecule has 0 fully saturated rings. The maximum atomic E-state index is 11.7. The molecule has 3 aromatic rings. The lowest BCUT2D eigenvalue weighted by Gasteiger charge is -2.05. The molecule has 0 unspecified atom stereocenters. The summed E-state index contributed by atoms with van der Waals surface area (Å²) < 4.78 is 0. The van der Waals surface area contributed by atoms with Crippen molar-refractivity contribution in [3.63, 3.8) is 0 Å². The van der Waals surface area contributed by atoms with Gasteiger partial charge in [-0.25, -0.2) is 14.8 Å². The van der Waals surface area contributed by atoms with E-state index < -0.39 is 0 Å². The van der Waals surface area contributed by atoms with E-state index in [1.165, 1.54) is 0 Å². The van der Waals surface area contributed by atoms with Crippen molar-refractivity contribution in [2.24, 2.45) is 0 Å². The van der Waals surface area contributed by atoms with Crippen LogP contribution in [0, 0.1) is 0 Å². The molecule has 0 aromatic carbocycles. The van der Waals surface area contributed by atoms with E-state index in [1.807, 2.05) is 12.1 Å². The molecule has 7 nitrogen and oxygen atoms in total. The normalized spacial score (nSPS) is 10.4. The number of hydrogen-bond donors (Lipinski definition) is 3. The highest BCUT2D eigenvalue weighted by Crippen LogP contribution is 2.07. The molecular formula is C13H12N6O. The highest BCUT2D eigenvalue weighted by Gasteiger charge is 2.05. The van der Waals surface area contributed by atoms with E-state index in [2.05, 4.69) is 30.6 Å². The third-order valence-corrected chi connectivity index (χ3v) is 2.66. The fraction of sp³-hybridized carbons (Fsp3) is 0.0769. The molecule has 3 N–H and O–H groups in total. The molecule has 0 bridgehead atoms. The van der Waals surface area contributed by atoms with Crippen LogP contribution in [0.5, 0.6) is 0 Å². The molecule has 0 saturated heterocycles. The van der Waals surface area contributed by atoms with Gasteiger partial charge in [0.25, 0.3) is 0 Å². The van der Waals surface area contributed by atoms with Crippen LogP contribution >= 0.6 is 0 Å². The first-order valence-electron chi connectivity index (χ1n) is 6.06. The third-order valence-electron chi connectivity index (χ3n) is 2.66. The maximum Gasteiger partial charge on any atom is 0.319 e. The molecular weight excluding hydrogens is 256 g/mol. The van der Waals surface area contributed by atoms with Crippen LogP contribution in [0.25, 0.3) is 11.2 Å². The number of pyridine rings is 2. The van der Waals surface area contributed by atoms with E-state index >= 15 is 0 Å². The van der Waals surface area contributed by atoms with E-state index in [0.717, 1.165) is 5.52 Å². The summed E-state index contributed by atoms with van der Waals surface area (Å²) in [7, 11) is 0. The quantitative estimate of drug-likeness (QED) is 0.673. The zero-order chi connectivity index (χ0) is 13.8. The molecule has 3 aromatic heterocycles. The number of aromatic nitrogens is 4. The minimum atomic E-state index is -0.301. The molecule has 20 heavy (non-hydrogen) atoms.